The number of rotatable bonds is 3. The molecule has 1 aromatic rings. The van der Waals surface area contributed by atoms with Gasteiger partial charge in [0.25, 0.3) is 5.56 Å². The van der Waals surface area contributed by atoms with Gasteiger partial charge in [-0.15, -0.1) is 6.58 Å². The van der Waals surface area contributed by atoms with Gasteiger partial charge in [0.05, 0.1) is 0 Å². The highest BCUT2D eigenvalue weighted by molar-refractivity contribution is 5.73. The third kappa shape index (κ3) is 2.92. The van der Waals surface area contributed by atoms with Gasteiger partial charge >= 0.3 is 6.03 Å². The predicted octanol–water partition coefficient (Wildman–Crippen LogP) is 1.16. The standard InChI is InChI=1S/C15H21N3O2/c1-4-9-18-13-7-6-12(16-15(20)17(2)3)10-11(13)5-8-14(18)19/h4-5,8,12H,1,6-7,9-10H2,2-3H3,(H,16,20)/t12-/m0/s1. The van der Waals surface area contributed by atoms with E-state index in [-0.39, 0.29) is 17.6 Å². The number of pyridine rings is 1. The molecule has 0 saturated carbocycles. The summed E-state index contributed by atoms with van der Waals surface area (Å²) < 4.78 is 1.77. The molecule has 0 fully saturated rings. The SMILES string of the molecule is C=CCn1c2c(ccc1=O)C[C@@H](NC(=O)N(C)C)CC2. The van der Waals surface area contributed by atoms with Crippen LogP contribution in [0.2, 0.25) is 0 Å². The number of hydrogen-bond acceptors (Lipinski definition) is 2. The second-order valence-electron chi connectivity index (χ2n) is 5.33. The van der Waals surface area contributed by atoms with E-state index < -0.39 is 0 Å². The van der Waals surface area contributed by atoms with E-state index in [1.54, 1.807) is 30.8 Å². The molecule has 1 aliphatic rings. The summed E-state index contributed by atoms with van der Waals surface area (Å²) in [4.78, 5) is 25.1. The van der Waals surface area contributed by atoms with Crippen molar-refractivity contribution in [2.75, 3.05) is 14.1 Å². The summed E-state index contributed by atoms with van der Waals surface area (Å²) in [6.07, 6.45) is 4.17. The molecule has 5 nitrogen and oxygen atoms in total. The molecule has 108 valence electrons. The second kappa shape index (κ2) is 5.94. The monoisotopic (exact) mass is 275 g/mol. The Bertz CT molecular complexity index is 575. The van der Waals surface area contributed by atoms with Gasteiger partial charge in [0.2, 0.25) is 0 Å². The Morgan fingerprint density at radius 2 is 2.30 bits per heavy atom. The molecule has 1 atom stereocenters. The van der Waals surface area contributed by atoms with Crippen molar-refractivity contribution in [3.63, 3.8) is 0 Å². The Morgan fingerprint density at radius 3 is 2.95 bits per heavy atom. The third-order valence-electron chi connectivity index (χ3n) is 3.63. The molecule has 0 spiro atoms. The van der Waals surface area contributed by atoms with Crippen LogP contribution in [0.25, 0.3) is 0 Å². The molecule has 0 unspecified atom stereocenters. The van der Waals surface area contributed by atoms with Gasteiger partial charge in [-0.3, -0.25) is 4.79 Å². The lowest BCUT2D eigenvalue weighted by atomic mass is 9.91. The highest BCUT2D eigenvalue weighted by atomic mass is 16.2. The van der Waals surface area contributed by atoms with Gasteiger partial charge in [0, 0.05) is 38.4 Å². The smallest absolute Gasteiger partial charge is 0.317 e. The molecule has 0 aromatic carbocycles. The number of carbonyl (C=O) groups excluding carboxylic acids is 1. The largest absolute Gasteiger partial charge is 0.335 e. The summed E-state index contributed by atoms with van der Waals surface area (Å²) in [5, 5.41) is 3.00. The van der Waals surface area contributed by atoms with Crippen LogP contribution in [-0.4, -0.2) is 35.6 Å². The van der Waals surface area contributed by atoms with Crippen LogP contribution in [0, 0.1) is 0 Å². The van der Waals surface area contributed by atoms with Crippen molar-refractivity contribution in [2.24, 2.45) is 0 Å². The lowest BCUT2D eigenvalue weighted by molar-refractivity contribution is 0.211. The van der Waals surface area contributed by atoms with Crippen molar-refractivity contribution in [1.82, 2.24) is 14.8 Å². The Hall–Kier alpha value is -2.04. The van der Waals surface area contributed by atoms with Crippen molar-refractivity contribution in [1.29, 1.82) is 0 Å². The number of nitrogens with zero attached hydrogens (tertiary/aromatic N) is 2. The van der Waals surface area contributed by atoms with Crippen molar-refractivity contribution < 1.29 is 4.79 Å². The van der Waals surface area contributed by atoms with Gasteiger partial charge in [-0.05, 0) is 24.8 Å². The number of allylic oxidation sites excluding steroid dienone is 1. The summed E-state index contributed by atoms with van der Waals surface area (Å²) in [6, 6.07) is 3.54. The van der Waals surface area contributed by atoms with Gasteiger partial charge < -0.3 is 14.8 Å². The fourth-order valence-electron chi connectivity index (χ4n) is 2.58. The maximum absolute atomic E-state index is 11.9. The third-order valence-corrected chi connectivity index (χ3v) is 3.63. The number of hydrogen-bond donors (Lipinski definition) is 1. The fraction of sp³-hybridized carbons (Fsp3) is 0.467. The molecule has 1 heterocycles. The minimum atomic E-state index is -0.0714. The number of carbonyl (C=O) groups is 1. The Kier molecular flexibility index (Phi) is 4.27. The molecule has 0 bridgehead atoms. The van der Waals surface area contributed by atoms with Crippen LogP contribution >= 0.6 is 0 Å². The van der Waals surface area contributed by atoms with Crippen LogP contribution in [0.3, 0.4) is 0 Å². The zero-order valence-corrected chi connectivity index (χ0v) is 12.1. The molecule has 5 heteroatoms. The van der Waals surface area contributed by atoms with Gasteiger partial charge in [-0.25, -0.2) is 4.79 Å². The summed E-state index contributed by atoms with van der Waals surface area (Å²) in [5.41, 5.74) is 2.23. The maximum Gasteiger partial charge on any atom is 0.317 e. The number of nitrogens with one attached hydrogen (secondary N) is 1. The van der Waals surface area contributed by atoms with Gasteiger partial charge in [-0.1, -0.05) is 12.1 Å². The first-order valence-corrected chi connectivity index (χ1v) is 6.83. The van der Waals surface area contributed by atoms with Crippen LogP contribution in [0.5, 0.6) is 0 Å². The first kappa shape index (κ1) is 14.4. The molecule has 1 aromatic heterocycles. The normalized spacial score (nSPS) is 17.2. The van der Waals surface area contributed by atoms with E-state index in [4.69, 9.17) is 0 Å². The van der Waals surface area contributed by atoms with Gasteiger partial charge in [0.1, 0.15) is 0 Å². The molecule has 0 radical (unpaired) electrons. The minimum Gasteiger partial charge on any atom is -0.335 e. The summed E-state index contributed by atoms with van der Waals surface area (Å²) in [6.45, 7) is 4.24. The zero-order valence-electron chi connectivity index (χ0n) is 12.1. The number of amides is 2. The van der Waals surface area contributed by atoms with E-state index in [1.165, 1.54) is 4.90 Å². The summed E-state index contributed by atoms with van der Waals surface area (Å²) >= 11 is 0. The van der Waals surface area contributed by atoms with Crippen molar-refractivity contribution in [3.8, 4) is 0 Å². The lowest BCUT2D eigenvalue weighted by Gasteiger charge is -2.28. The van der Waals surface area contributed by atoms with E-state index in [0.29, 0.717) is 6.54 Å². The quantitative estimate of drug-likeness (QED) is 0.842. The van der Waals surface area contributed by atoms with E-state index >= 15 is 0 Å². The molecule has 2 rings (SSSR count). The molecule has 20 heavy (non-hydrogen) atoms. The zero-order chi connectivity index (χ0) is 14.7. The fourth-order valence-corrected chi connectivity index (χ4v) is 2.58. The van der Waals surface area contributed by atoms with E-state index in [2.05, 4.69) is 11.9 Å². The van der Waals surface area contributed by atoms with Crippen LogP contribution in [0.1, 0.15) is 17.7 Å². The minimum absolute atomic E-state index is 0.0134. The van der Waals surface area contributed by atoms with E-state index in [0.717, 1.165) is 30.5 Å². The van der Waals surface area contributed by atoms with Gasteiger partial charge in [-0.2, -0.15) is 0 Å². The predicted molar refractivity (Wildman–Crippen MR) is 78.9 cm³/mol. The summed E-state index contributed by atoms with van der Waals surface area (Å²) in [7, 11) is 3.46. The first-order valence-electron chi connectivity index (χ1n) is 6.83. The van der Waals surface area contributed by atoms with Crippen LogP contribution < -0.4 is 10.9 Å². The van der Waals surface area contributed by atoms with Crippen molar-refractivity contribution >= 4 is 6.03 Å². The van der Waals surface area contributed by atoms with Crippen LogP contribution in [-0.2, 0) is 19.4 Å². The van der Waals surface area contributed by atoms with Crippen LogP contribution in [0.4, 0.5) is 4.79 Å². The number of urea groups is 1. The van der Waals surface area contributed by atoms with Crippen LogP contribution in [0.15, 0.2) is 29.6 Å². The van der Waals surface area contributed by atoms with E-state index in [9.17, 15) is 9.59 Å². The topological polar surface area (TPSA) is 54.3 Å². The second-order valence-corrected chi connectivity index (χ2v) is 5.33. The molecular formula is C15H21N3O2. The average Bonchev–Trinajstić information content (AvgIpc) is 2.42. The molecule has 1 aliphatic carbocycles. The number of aromatic nitrogens is 1. The molecular weight excluding hydrogens is 254 g/mol. The molecule has 2 amide bonds. The highest BCUT2D eigenvalue weighted by Gasteiger charge is 2.22. The van der Waals surface area contributed by atoms with E-state index in [1.807, 2.05) is 6.07 Å². The Labute approximate surface area is 118 Å². The highest BCUT2D eigenvalue weighted by Crippen LogP contribution is 2.20. The molecule has 0 aliphatic heterocycles. The Balaban J connectivity index is 2.19. The average molecular weight is 275 g/mol. The van der Waals surface area contributed by atoms with Gasteiger partial charge in [0.15, 0.2) is 0 Å². The number of fused-ring (bicyclic) bond motifs is 1. The molecule has 0 saturated heterocycles. The lowest BCUT2D eigenvalue weighted by Crippen LogP contribution is -2.44. The maximum atomic E-state index is 11.9. The van der Waals surface area contributed by atoms with Crippen molar-refractivity contribution in [3.05, 3.63) is 46.4 Å². The van der Waals surface area contributed by atoms with Crippen molar-refractivity contribution in [2.45, 2.75) is 31.8 Å². The molecule has 1 N–H and O–H groups in total. The Morgan fingerprint density at radius 1 is 1.55 bits per heavy atom. The summed E-state index contributed by atoms with van der Waals surface area (Å²) in [5.74, 6) is 0. The first-order chi connectivity index (χ1) is 9.52.